The molecule has 6 nitrogen and oxygen atoms in total. The monoisotopic (exact) mass is 284 g/mol. The maximum absolute atomic E-state index is 12.1. The van der Waals surface area contributed by atoms with Crippen LogP contribution in [-0.2, 0) is 14.3 Å². The van der Waals surface area contributed by atoms with Gasteiger partial charge in [-0.1, -0.05) is 0 Å². The lowest BCUT2D eigenvalue weighted by molar-refractivity contribution is -0.139. The number of nitrogens with one attached hydrogen (secondary N) is 1. The van der Waals surface area contributed by atoms with Crippen LogP contribution in [0.15, 0.2) is 0 Å². The van der Waals surface area contributed by atoms with Gasteiger partial charge in [0, 0.05) is 26.1 Å². The fourth-order valence-electron chi connectivity index (χ4n) is 2.62. The summed E-state index contributed by atoms with van der Waals surface area (Å²) in [6.07, 6.45) is 3.46. The van der Waals surface area contributed by atoms with E-state index in [-0.39, 0.29) is 30.4 Å². The maximum Gasteiger partial charge on any atom is 0.242 e. The molecule has 0 radical (unpaired) electrons. The van der Waals surface area contributed by atoms with Crippen LogP contribution < -0.4 is 5.32 Å². The number of carbonyl (C=O) groups excluding carboxylic acids is 2. The van der Waals surface area contributed by atoms with E-state index in [2.05, 4.69) is 5.32 Å². The van der Waals surface area contributed by atoms with Crippen molar-refractivity contribution in [2.45, 2.75) is 44.2 Å². The van der Waals surface area contributed by atoms with E-state index >= 15 is 0 Å². The first kappa shape index (κ1) is 15.3. The molecule has 2 aliphatic rings. The summed E-state index contributed by atoms with van der Waals surface area (Å²) in [5, 5.41) is 12.3. The average Bonchev–Trinajstić information content (AvgIpc) is 3.15. The third-order valence-corrected chi connectivity index (χ3v) is 3.90. The molecule has 1 heterocycles. The van der Waals surface area contributed by atoms with Crippen molar-refractivity contribution in [3.05, 3.63) is 0 Å². The molecule has 2 atom stereocenters. The molecule has 2 fully saturated rings. The fraction of sp³-hybridized carbons (Fsp3) is 0.857. The van der Waals surface area contributed by atoms with Crippen LogP contribution in [0.2, 0.25) is 0 Å². The summed E-state index contributed by atoms with van der Waals surface area (Å²) < 4.78 is 4.83. The third kappa shape index (κ3) is 3.93. The standard InChI is InChI=1S/C14H24N2O4/c1-20-9-11(17)6-7-15-13(18)12-3-2-8-16(12)14(19)10-4-5-10/h10-12,17H,2-9H2,1H3,(H,15,18). The summed E-state index contributed by atoms with van der Waals surface area (Å²) in [7, 11) is 1.53. The predicted octanol–water partition coefficient (Wildman–Crippen LogP) is -0.0990. The van der Waals surface area contributed by atoms with E-state index in [4.69, 9.17) is 4.74 Å². The minimum absolute atomic E-state index is 0.0962. The van der Waals surface area contributed by atoms with E-state index in [0.29, 0.717) is 19.5 Å². The zero-order valence-electron chi connectivity index (χ0n) is 12.0. The Labute approximate surface area is 119 Å². The Hall–Kier alpha value is -1.14. The molecule has 20 heavy (non-hydrogen) atoms. The summed E-state index contributed by atoms with van der Waals surface area (Å²) in [6.45, 7) is 1.37. The van der Waals surface area contributed by atoms with Gasteiger partial charge in [0.15, 0.2) is 0 Å². The Morgan fingerprint density at radius 1 is 1.40 bits per heavy atom. The Balaban J connectivity index is 1.74. The Morgan fingerprint density at radius 2 is 2.15 bits per heavy atom. The number of carbonyl (C=O) groups is 2. The molecule has 2 N–H and O–H groups in total. The van der Waals surface area contributed by atoms with Gasteiger partial charge in [0.2, 0.25) is 11.8 Å². The van der Waals surface area contributed by atoms with Crippen molar-refractivity contribution in [2.24, 2.45) is 5.92 Å². The van der Waals surface area contributed by atoms with E-state index in [1.807, 2.05) is 0 Å². The molecule has 114 valence electrons. The van der Waals surface area contributed by atoms with Crippen LogP contribution in [0.4, 0.5) is 0 Å². The molecule has 0 aromatic carbocycles. The Bertz CT molecular complexity index is 357. The average molecular weight is 284 g/mol. The van der Waals surface area contributed by atoms with E-state index in [9.17, 15) is 14.7 Å². The minimum atomic E-state index is -0.562. The zero-order valence-corrected chi connectivity index (χ0v) is 12.0. The number of methoxy groups -OCH3 is 1. The summed E-state index contributed by atoms with van der Waals surface area (Å²) in [4.78, 5) is 25.9. The smallest absolute Gasteiger partial charge is 0.242 e. The van der Waals surface area contributed by atoms with Crippen molar-refractivity contribution in [1.82, 2.24) is 10.2 Å². The molecule has 1 saturated heterocycles. The van der Waals surface area contributed by atoms with Crippen LogP contribution in [0.1, 0.15) is 32.1 Å². The summed E-state index contributed by atoms with van der Waals surface area (Å²) in [6, 6.07) is -0.317. The second kappa shape index (κ2) is 7.04. The number of amides is 2. The van der Waals surface area contributed by atoms with Crippen LogP contribution in [0.5, 0.6) is 0 Å². The summed E-state index contributed by atoms with van der Waals surface area (Å²) in [5.74, 6) is 0.204. The quantitative estimate of drug-likeness (QED) is 0.684. The van der Waals surface area contributed by atoms with Crippen LogP contribution in [0.25, 0.3) is 0 Å². The normalized spacial score (nSPS) is 23.7. The fourth-order valence-corrected chi connectivity index (χ4v) is 2.62. The maximum atomic E-state index is 12.1. The highest BCUT2D eigenvalue weighted by Crippen LogP contribution is 2.33. The van der Waals surface area contributed by atoms with Crippen molar-refractivity contribution >= 4 is 11.8 Å². The van der Waals surface area contributed by atoms with Gasteiger partial charge in [-0.15, -0.1) is 0 Å². The van der Waals surface area contributed by atoms with E-state index in [1.165, 1.54) is 7.11 Å². The van der Waals surface area contributed by atoms with Gasteiger partial charge in [-0.25, -0.2) is 0 Å². The first-order valence-corrected chi connectivity index (χ1v) is 7.38. The lowest BCUT2D eigenvalue weighted by Crippen LogP contribution is -2.47. The molecular formula is C14H24N2O4. The Kier molecular flexibility index (Phi) is 5.37. The first-order chi connectivity index (χ1) is 9.63. The van der Waals surface area contributed by atoms with Gasteiger partial charge in [0.1, 0.15) is 6.04 Å². The SMILES string of the molecule is COCC(O)CCNC(=O)C1CCCN1C(=O)C1CC1. The molecule has 1 aliphatic heterocycles. The number of ether oxygens (including phenoxy) is 1. The molecule has 2 unspecified atom stereocenters. The second-order valence-corrected chi connectivity index (χ2v) is 5.65. The van der Waals surface area contributed by atoms with Crippen molar-refractivity contribution in [3.63, 3.8) is 0 Å². The highest BCUT2D eigenvalue weighted by molar-refractivity contribution is 5.89. The van der Waals surface area contributed by atoms with Crippen molar-refractivity contribution < 1.29 is 19.4 Å². The van der Waals surface area contributed by atoms with E-state index < -0.39 is 6.10 Å². The topological polar surface area (TPSA) is 78.9 Å². The lowest BCUT2D eigenvalue weighted by Gasteiger charge is -2.24. The molecular weight excluding hydrogens is 260 g/mol. The van der Waals surface area contributed by atoms with Gasteiger partial charge in [0.05, 0.1) is 12.7 Å². The van der Waals surface area contributed by atoms with Gasteiger partial charge in [0.25, 0.3) is 0 Å². The summed E-state index contributed by atoms with van der Waals surface area (Å²) in [5.41, 5.74) is 0. The van der Waals surface area contributed by atoms with Gasteiger partial charge in [-0.3, -0.25) is 9.59 Å². The minimum Gasteiger partial charge on any atom is -0.391 e. The number of likely N-dealkylation sites (tertiary alicyclic amines) is 1. The number of aliphatic hydroxyl groups is 1. The number of aliphatic hydroxyl groups excluding tert-OH is 1. The number of hydrogen-bond acceptors (Lipinski definition) is 4. The van der Waals surface area contributed by atoms with Crippen LogP contribution in [0, 0.1) is 5.92 Å². The molecule has 6 heteroatoms. The van der Waals surface area contributed by atoms with Crippen LogP contribution in [0.3, 0.4) is 0 Å². The number of hydrogen-bond donors (Lipinski definition) is 2. The van der Waals surface area contributed by atoms with Gasteiger partial charge in [-0.2, -0.15) is 0 Å². The van der Waals surface area contributed by atoms with Gasteiger partial charge >= 0.3 is 0 Å². The van der Waals surface area contributed by atoms with Crippen LogP contribution >= 0.6 is 0 Å². The van der Waals surface area contributed by atoms with E-state index in [1.54, 1.807) is 4.90 Å². The molecule has 0 spiro atoms. The highest BCUT2D eigenvalue weighted by Gasteiger charge is 2.40. The summed E-state index contributed by atoms with van der Waals surface area (Å²) >= 11 is 0. The molecule has 1 saturated carbocycles. The zero-order chi connectivity index (χ0) is 14.5. The Morgan fingerprint density at radius 3 is 2.80 bits per heavy atom. The molecule has 0 aromatic rings. The van der Waals surface area contributed by atoms with Crippen molar-refractivity contribution in [1.29, 1.82) is 0 Å². The first-order valence-electron chi connectivity index (χ1n) is 7.38. The third-order valence-electron chi connectivity index (χ3n) is 3.90. The van der Waals surface area contributed by atoms with Crippen LogP contribution in [-0.4, -0.2) is 60.8 Å². The number of rotatable bonds is 7. The van der Waals surface area contributed by atoms with Gasteiger partial charge in [-0.05, 0) is 32.1 Å². The number of nitrogens with zero attached hydrogens (tertiary/aromatic N) is 1. The van der Waals surface area contributed by atoms with Crippen molar-refractivity contribution in [3.8, 4) is 0 Å². The molecule has 0 aromatic heterocycles. The molecule has 2 rings (SSSR count). The highest BCUT2D eigenvalue weighted by atomic mass is 16.5. The van der Waals surface area contributed by atoms with Crippen molar-refractivity contribution in [2.75, 3.05) is 26.8 Å². The van der Waals surface area contributed by atoms with Gasteiger partial charge < -0.3 is 20.1 Å². The molecule has 1 aliphatic carbocycles. The van der Waals surface area contributed by atoms with E-state index in [0.717, 1.165) is 25.7 Å². The largest absolute Gasteiger partial charge is 0.391 e. The second-order valence-electron chi connectivity index (χ2n) is 5.65. The molecule has 2 amide bonds. The lowest BCUT2D eigenvalue weighted by atomic mass is 10.2. The molecule has 0 bridgehead atoms. The predicted molar refractivity (Wildman–Crippen MR) is 73.0 cm³/mol.